The molecule has 1 atom stereocenters. The van der Waals surface area contributed by atoms with Gasteiger partial charge in [0.15, 0.2) is 0 Å². The molecule has 0 spiro atoms. The fraction of sp³-hybridized carbons (Fsp3) is 0.409. The molecule has 1 amide bonds. The standard InChI is InChI=1S/C22H28FN3O4S/c1-22(2,3)30-21(27)25-20(24-4)12-16-7-6-15(11-18(16)23)14-8-9-19-17(10-14)13-26(5)31(19,28)29/h6-11,20,24H,12-13H2,1-5H3,(H,25,27). The van der Waals surface area contributed by atoms with Crippen LogP contribution in [0.4, 0.5) is 9.18 Å². The quantitative estimate of drug-likeness (QED) is 0.685. The van der Waals surface area contributed by atoms with Crippen LogP contribution in [0.5, 0.6) is 0 Å². The third-order valence-corrected chi connectivity index (χ3v) is 6.90. The smallest absolute Gasteiger partial charge is 0.408 e. The van der Waals surface area contributed by atoms with Crippen LogP contribution in [-0.4, -0.2) is 44.7 Å². The number of nitrogens with one attached hydrogen (secondary N) is 2. The predicted molar refractivity (Wildman–Crippen MR) is 116 cm³/mol. The van der Waals surface area contributed by atoms with Gasteiger partial charge in [0, 0.05) is 20.0 Å². The maximum Gasteiger partial charge on any atom is 0.408 e. The van der Waals surface area contributed by atoms with Gasteiger partial charge in [0.1, 0.15) is 11.4 Å². The Kier molecular flexibility index (Phi) is 6.40. The number of sulfonamides is 1. The lowest BCUT2D eigenvalue weighted by molar-refractivity contribution is 0.0496. The molecule has 0 aliphatic carbocycles. The zero-order chi connectivity index (χ0) is 23.0. The molecule has 1 aliphatic heterocycles. The van der Waals surface area contributed by atoms with Gasteiger partial charge in [0.05, 0.1) is 11.1 Å². The molecule has 31 heavy (non-hydrogen) atoms. The Morgan fingerprint density at radius 2 is 1.84 bits per heavy atom. The summed E-state index contributed by atoms with van der Waals surface area (Å²) in [5, 5.41) is 5.63. The van der Waals surface area contributed by atoms with Crippen LogP contribution in [0.3, 0.4) is 0 Å². The van der Waals surface area contributed by atoms with E-state index in [1.54, 1.807) is 58.2 Å². The molecule has 0 aromatic heterocycles. The molecule has 2 aromatic rings. The second-order valence-electron chi connectivity index (χ2n) is 8.58. The van der Waals surface area contributed by atoms with Crippen molar-refractivity contribution in [2.24, 2.45) is 0 Å². The Labute approximate surface area is 182 Å². The maximum absolute atomic E-state index is 14.8. The van der Waals surface area contributed by atoms with E-state index in [2.05, 4.69) is 10.6 Å². The van der Waals surface area contributed by atoms with Crippen molar-refractivity contribution in [2.75, 3.05) is 14.1 Å². The van der Waals surface area contributed by atoms with Crippen LogP contribution in [-0.2, 0) is 27.7 Å². The van der Waals surface area contributed by atoms with Gasteiger partial charge in [-0.1, -0.05) is 18.2 Å². The number of carbonyl (C=O) groups excluding carboxylic acids is 1. The highest BCUT2D eigenvalue weighted by Crippen LogP contribution is 2.33. The van der Waals surface area contributed by atoms with E-state index in [9.17, 15) is 17.6 Å². The maximum atomic E-state index is 14.8. The topological polar surface area (TPSA) is 87.7 Å². The first-order valence-corrected chi connectivity index (χ1v) is 11.4. The highest BCUT2D eigenvalue weighted by molar-refractivity contribution is 7.89. The minimum Gasteiger partial charge on any atom is -0.444 e. The lowest BCUT2D eigenvalue weighted by Gasteiger charge is -2.23. The van der Waals surface area contributed by atoms with Crippen molar-refractivity contribution < 1.29 is 22.3 Å². The van der Waals surface area contributed by atoms with E-state index in [4.69, 9.17) is 4.74 Å². The van der Waals surface area contributed by atoms with Crippen LogP contribution in [0.1, 0.15) is 31.9 Å². The molecule has 3 rings (SSSR count). The zero-order valence-electron chi connectivity index (χ0n) is 18.3. The molecule has 9 heteroatoms. The number of benzene rings is 2. The van der Waals surface area contributed by atoms with Gasteiger partial charge in [0.25, 0.3) is 0 Å². The molecule has 0 saturated carbocycles. The molecule has 0 saturated heterocycles. The number of likely N-dealkylation sites (N-methyl/N-ethyl adjacent to an activating group) is 1. The monoisotopic (exact) mass is 449 g/mol. The molecule has 168 valence electrons. The van der Waals surface area contributed by atoms with Gasteiger partial charge in [-0.15, -0.1) is 0 Å². The summed E-state index contributed by atoms with van der Waals surface area (Å²) in [5.41, 5.74) is 1.90. The van der Waals surface area contributed by atoms with Gasteiger partial charge >= 0.3 is 6.09 Å². The summed E-state index contributed by atoms with van der Waals surface area (Å²) in [5.74, 6) is -0.408. The van der Waals surface area contributed by atoms with Crippen LogP contribution < -0.4 is 10.6 Å². The third kappa shape index (κ3) is 5.23. The normalized spacial score (nSPS) is 16.6. The van der Waals surface area contributed by atoms with E-state index in [-0.39, 0.29) is 6.42 Å². The number of alkyl carbamates (subject to hydrolysis) is 1. The molecule has 0 radical (unpaired) electrons. The SMILES string of the molecule is CNC(Cc1ccc(-c2ccc3c(c2)CN(C)S3(=O)=O)cc1F)NC(=O)OC(C)(C)C. The van der Waals surface area contributed by atoms with Gasteiger partial charge in [0.2, 0.25) is 10.0 Å². The average molecular weight is 450 g/mol. The van der Waals surface area contributed by atoms with Gasteiger partial charge in [-0.05, 0) is 68.3 Å². The summed E-state index contributed by atoms with van der Waals surface area (Å²) >= 11 is 0. The summed E-state index contributed by atoms with van der Waals surface area (Å²) in [7, 11) is -0.223. The van der Waals surface area contributed by atoms with E-state index >= 15 is 0 Å². The molecule has 2 aromatic carbocycles. The lowest BCUT2D eigenvalue weighted by Crippen LogP contribution is -2.47. The molecular formula is C22H28FN3O4S. The number of carbonyl (C=O) groups is 1. The van der Waals surface area contributed by atoms with E-state index in [0.29, 0.717) is 28.1 Å². The van der Waals surface area contributed by atoms with Crippen LogP contribution in [0, 0.1) is 5.82 Å². The van der Waals surface area contributed by atoms with Crippen molar-refractivity contribution in [3.8, 4) is 11.1 Å². The molecule has 0 bridgehead atoms. The summed E-state index contributed by atoms with van der Waals surface area (Å²) in [6.07, 6.45) is -0.854. The summed E-state index contributed by atoms with van der Waals surface area (Å²) in [4.78, 5) is 12.3. The molecule has 1 heterocycles. The van der Waals surface area contributed by atoms with Crippen LogP contribution >= 0.6 is 0 Å². The van der Waals surface area contributed by atoms with Crippen molar-refractivity contribution >= 4 is 16.1 Å². The van der Waals surface area contributed by atoms with Gasteiger partial charge < -0.3 is 15.4 Å². The lowest BCUT2D eigenvalue weighted by atomic mass is 10.00. The van der Waals surface area contributed by atoms with Crippen LogP contribution in [0.25, 0.3) is 11.1 Å². The second-order valence-corrected chi connectivity index (χ2v) is 10.6. The Hall–Kier alpha value is -2.49. The molecule has 0 fully saturated rings. The number of fused-ring (bicyclic) bond motifs is 1. The first-order valence-electron chi connectivity index (χ1n) is 9.95. The molecule has 1 aliphatic rings. The van der Waals surface area contributed by atoms with Gasteiger partial charge in [-0.3, -0.25) is 0 Å². The Bertz CT molecular complexity index is 1100. The largest absolute Gasteiger partial charge is 0.444 e. The Balaban J connectivity index is 1.76. The molecule has 7 nitrogen and oxygen atoms in total. The Morgan fingerprint density at radius 3 is 2.45 bits per heavy atom. The third-order valence-electron chi connectivity index (χ3n) is 4.99. The second kappa shape index (κ2) is 8.57. The van der Waals surface area contributed by atoms with Crippen molar-refractivity contribution in [3.05, 3.63) is 53.3 Å². The summed E-state index contributed by atoms with van der Waals surface area (Å²) in [6.45, 7) is 5.61. The number of halogens is 1. The fourth-order valence-electron chi connectivity index (χ4n) is 3.41. The number of hydrogen-bond acceptors (Lipinski definition) is 5. The van der Waals surface area contributed by atoms with Crippen LogP contribution in [0.15, 0.2) is 41.3 Å². The number of hydrogen-bond donors (Lipinski definition) is 2. The molecular weight excluding hydrogens is 421 g/mol. The minimum atomic E-state index is -3.43. The van der Waals surface area contributed by atoms with Crippen molar-refractivity contribution in [2.45, 2.75) is 50.4 Å². The number of ether oxygens (including phenoxy) is 1. The highest BCUT2D eigenvalue weighted by atomic mass is 32.2. The minimum absolute atomic E-state index is 0.231. The molecule has 1 unspecified atom stereocenters. The summed E-state index contributed by atoms with van der Waals surface area (Å²) < 4.78 is 45.8. The van der Waals surface area contributed by atoms with E-state index in [0.717, 1.165) is 5.56 Å². The van der Waals surface area contributed by atoms with E-state index in [1.807, 2.05) is 0 Å². The van der Waals surface area contributed by atoms with Crippen molar-refractivity contribution in [1.82, 2.24) is 14.9 Å². The zero-order valence-corrected chi connectivity index (χ0v) is 19.1. The van der Waals surface area contributed by atoms with Gasteiger partial charge in [-0.25, -0.2) is 17.6 Å². The van der Waals surface area contributed by atoms with E-state index < -0.39 is 33.7 Å². The molecule has 2 N–H and O–H groups in total. The fourth-order valence-corrected chi connectivity index (χ4v) is 4.75. The van der Waals surface area contributed by atoms with Crippen molar-refractivity contribution in [3.63, 3.8) is 0 Å². The van der Waals surface area contributed by atoms with Crippen molar-refractivity contribution in [1.29, 1.82) is 0 Å². The average Bonchev–Trinajstić information content (AvgIpc) is 2.89. The predicted octanol–water partition coefficient (Wildman–Crippen LogP) is 3.24. The summed E-state index contributed by atoms with van der Waals surface area (Å²) in [6, 6.07) is 9.91. The number of nitrogens with zero attached hydrogens (tertiary/aromatic N) is 1. The highest BCUT2D eigenvalue weighted by Gasteiger charge is 2.31. The van der Waals surface area contributed by atoms with E-state index in [1.165, 1.54) is 17.4 Å². The number of amides is 1. The first-order chi connectivity index (χ1) is 14.4. The number of rotatable bonds is 5. The van der Waals surface area contributed by atoms with Gasteiger partial charge in [-0.2, -0.15) is 4.31 Å². The first kappa shape index (κ1) is 23.2. The Morgan fingerprint density at radius 1 is 1.19 bits per heavy atom. The van der Waals surface area contributed by atoms with Crippen LogP contribution in [0.2, 0.25) is 0 Å².